The van der Waals surface area contributed by atoms with Crippen LogP contribution in [0.2, 0.25) is 0 Å². The Morgan fingerprint density at radius 1 is 1.18 bits per heavy atom. The van der Waals surface area contributed by atoms with E-state index >= 15 is 0 Å². The van der Waals surface area contributed by atoms with E-state index in [-0.39, 0.29) is 23.6 Å². The third kappa shape index (κ3) is 3.70. The number of fused-ring (bicyclic) bond motifs is 1. The van der Waals surface area contributed by atoms with Crippen molar-refractivity contribution in [2.24, 2.45) is 0 Å². The second kappa shape index (κ2) is 8.41. The van der Waals surface area contributed by atoms with Gasteiger partial charge in [0.1, 0.15) is 17.7 Å². The minimum absolute atomic E-state index is 0.0519. The van der Waals surface area contributed by atoms with Gasteiger partial charge in [0.05, 0.1) is 40.5 Å². The zero-order chi connectivity index (χ0) is 23.2. The number of rotatable bonds is 6. The molecule has 6 rings (SSSR count). The Balaban J connectivity index is 1.05. The van der Waals surface area contributed by atoms with Crippen LogP contribution in [0.1, 0.15) is 24.4 Å². The first-order chi connectivity index (χ1) is 16.6. The van der Waals surface area contributed by atoms with Crippen molar-refractivity contribution in [3.8, 4) is 0 Å². The largest absolute Gasteiger partial charge is 0.444 e. The van der Waals surface area contributed by atoms with E-state index in [1.165, 1.54) is 22.9 Å². The number of cyclic esters (lactones) is 1. The van der Waals surface area contributed by atoms with Gasteiger partial charge >= 0.3 is 6.09 Å². The topological polar surface area (TPSA) is 118 Å². The Morgan fingerprint density at radius 3 is 3.00 bits per heavy atom. The summed E-state index contributed by atoms with van der Waals surface area (Å²) in [6.45, 7) is 1.73. The number of pyridine rings is 1. The molecule has 0 saturated carbocycles. The fourth-order valence-corrected chi connectivity index (χ4v) is 5.49. The number of benzene rings is 1. The van der Waals surface area contributed by atoms with Gasteiger partial charge in [-0.05, 0) is 43.1 Å². The number of ether oxygens (including phenoxy) is 1. The van der Waals surface area contributed by atoms with E-state index < -0.39 is 6.09 Å². The van der Waals surface area contributed by atoms with E-state index in [0.29, 0.717) is 36.9 Å². The van der Waals surface area contributed by atoms with Gasteiger partial charge < -0.3 is 19.9 Å². The van der Waals surface area contributed by atoms with Crippen LogP contribution < -0.4 is 21.1 Å². The molecule has 5 heterocycles. The number of aromatic nitrogens is 3. The lowest BCUT2D eigenvalue weighted by atomic mass is 10.1. The lowest BCUT2D eigenvalue weighted by Gasteiger charge is -2.18. The van der Waals surface area contributed by atoms with Crippen LogP contribution in [-0.4, -0.2) is 51.5 Å². The van der Waals surface area contributed by atoms with Gasteiger partial charge in [-0.3, -0.25) is 14.5 Å². The Morgan fingerprint density at radius 2 is 2.09 bits per heavy atom. The van der Waals surface area contributed by atoms with Crippen LogP contribution in [-0.2, 0) is 16.1 Å². The maximum atomic E-state index is 12.4. The summed E-state index contributed by atoms with van der Waals surface area (Å²) >= 11 is 1.43. The third-order valence-corrected chi connectivity index (χ3v) is 7.39. The first-order valence-electron chi connectivity index (χ1n) is 11.2. The quantitative estimate of drug-likeness (QED) is 0.518. The van der Waals surface area contributed by atoms with Crippen LogP contribution in [0.15, 0.2) is 46.2 Å². The van der Waals surface area contributed by atoms with Crippen LogP contribution in [0.4, 0.5) is 16.4 Å². The van der Waals surface area contributed by atoms with E-state index in [0.717, 1.165) is 34.5 Å². The zero-order valence-electron chi connectivity index (χ0n) is 18.2. The number of carbonyl (C=O) groups is 2. The predicted octanol–water partition coefficient (Wildman–Crippen LogP) is 2.29. The summed E-state index contributed by atoms with van der Waals surface area (Å²) in [4.78, 5) is 47.4. The van der Waals surface area contributed by atoms with Gasteiger partial charge in [-0.2, -0.15) is 0 Å². The molecule has 2 N–H and O–H groups in total. The fourth-order valence-electron chi connectivity index (χ4n) is 4.74. The minimum atomic E-state index is -0.426. The number of thioether (sulfide) groups is 1. The van der Waals surface area contributed by atoms with Gasteiger partial charge in [-0.15, -0.1) is 11.8 Å². The molecule has 1 aromatic carbocycles. The molecule has 2 atom stereocenters. The summed E-state index contributed by atoms with van der Waals surface area (Å²) in [5.74, 6) is 1.23. The molecule has 0 radical (unpaired) electrons. The zero-order valence-corrected chi connectivity index (χ0v) is 19.0. The Bertz CT molecular complexity index is 1380. The normalized spacial score (nSPS) is 21.0. The molecule has 0 bridgehead atoms. The smallest absolute Gasteiger partial charge is 0.415 e. The molecule has 1 unspecified atom stereocenters. The minimum Gasteiger partial charge on any atom is -0.444 e. The maximum absolute atomic E-state index is 12.4. The number of hydrogen-bond acceptors (Lipinski definition) is 8. The van der Waals surface area contributed by atoms with Crippen LogP contribution in [0.5, 0.6) is 0 Å². The van der Waals surface area contributed by atoms with Crippen LogP contribution in [0.25, 0.3) is 11.0 Å². The van der Waals surface area contributed by atoms with Gasteiger partial charge in [0.25, 0.3) is 5.56 Å². The highest BCUT2D eigenvalue weighted by atomic mass is 32.2. The summed E-state index contributed by atoms with van der Waals surface area (Å²) < 4.78 is 7.33. The highest BCUT2D eigenvalue weighted by Crippen LogP contribution is 2.33. The molecule has 3 aromatic rings. The SMILES string of the molecule is O=C1CSc2ccc(N3C[C@@H](CCCNC4Cn5c(=O)cnc6cccc4c65)OC3=O)nc2N1. The molecule has 3 aliphatic heterocycles. The number of carbonyl (C=O) groups excluding carboxylic acids is 2. The van der Waals surface area contributed by atoms with Gasteiger partial charge in [0, 0.05) is 6.54 Å². The van der Waals surface area contributed by atoms with E-state index in [2.05, 4.69) is 20.6 Å². The van der Waals surface area contributed by atoms with Crippen molar-refractivity contribution in [2.45, 2.75) is 36.4 Å². The van der Waals surface area contributed by atoms with Crippen molar-refractivity contribution in [3.63, 3.8) is 0 Å². The van der Waals surface area contributed by atoms with Gasteiger partial charge in [-0.25, -0.2) is 14.8 Å². The monoisotopic (exact) mass is 478 g/mol. The molecule has 11 heteroatoms. The van der Waals surface area contributed by atoms with Crippen molar-refractivity contribution >= 4 is 46.4 Å². The molecule has 34 heavy (non-hydrogen) atoms. The Hall–Kier alpha value is -3.44. The van der Waals surface area contributed by atoms with E-state index in [4.69, 9.17) is 4.74 Å². The van der Waals surface area contributed by atoms with E-state index in [9.17, 15) is 14.4 Å². The highest BCUT2D eigenvalue weighted by Gasteiger charge is 2.33. The summed E-state index contributed by atoms with van der Waals surface area (Å²) in [6.07, 6.45) is 2.24. The molecular weight excluding hydrogens is 456 g/mol. The van der Waals surface area contributed by atoms with Gasteiger partial charge in [0.2, 0.25) is 5.91 Å². The average Bonchev–Trinajstić information content (AvgIpc) is 3.40. The van der Waals surface area contributed by atoms with Gasteiger partial charge in [0.15, 0.2) is 0 Å². The summed E-state index contributed by atoms with van der Waals surface area (Å²) in [7, 11) is 0. The molecule has 1 saturated heterocycles. The molecule has 2 amide bonds. The molecule has 3 aliphatic rings. The van der Waals surface area contributed by atoms with E-state index in [1.54, 1.807) is 10.6 Å². The standard InChI is InChI=1S/C23H22N6O4S/c30-19-12-34-17-6-7-18(26-22(17)27-19)28-10-13(33-23(28)32)3-2-8-24-16-11-29-20(31)9-25-15-5-1-4-14(16)21(15)29/h1,4-7,9,13,16,24H,2-3,8,10-12H2,(H,26,27,30)/t13-,16?/m1/s1. The van der Waals surface area contributed by atoms with Crippen molar-refractivity contribution in [1.82, 2.24) is 19.9 Å². The molecule has 10 nitrogen and oxygen atoms in total. The average molecular weight is 479 g/mol. The number of amides is 2. The second-order valence-electron chi connectivity index (χ2n) is 8.54. The maximum Gasteiger partial charge on any atom is 0.415 e. The van der Waals surface area contributed by atoms with Crippen molar-refractivity contribution in [1.29, 1.82) is 0 Å². The van der Waals surface area contributed by atoms with Crippen molar-refractivity contribution in [2.75, 3.05) is 29.1 Å². The lowest BCUT2D eigenvalue weighted by molar-refractivity contribution is -0.113. The number of para-hydroxylation sites is 1. The Kier molecular flexibility index (Phi) is 5.22. The number of nitrogens with zero attached hydrogens (tertiary/aromatic N) is 4. The number of anilines is 2. The molecule has 0 aliphatic carbocycles. The van der Waals surface area contributed by atoms with Crippen LogP contribution in [0, 0.1) is 0 Å². The fraction of sp³-hybridized carbons (Fsp3) is 0.348. The summed E-state index contributed by atoms with van der Waals surface area (Å²) in [5, 5.41) is 6.29. The van der Waals surface area contributed by atoms with Crippen LogP contribution >= 0.6 is 11.8 Å². The van der Waals surface area contributed by atoms with Crippen molar-refractivity contribution in [3.05, 3.63) is 52.4 Å². The molecular formula is C23H22N6O4S. The van der Waals surface area contributed by atoms with Crippen LogP contribution in [0.3, 0.4) is 0 Å². The second-order valence-corrected chi connectivity index (χ2v) is 9.56. The number of nitrogens with one attached hydrogen (secondary N) is 2. The first kappa shape index (κ1) is 21.1. The number of hydrogen-bond donors (Lipinski definition) is 2. The third-order valence-electron chi connectivity index (χ3n) is 6.34. The molecule has 0 spiro atoms. The molecule has 174 valence electrons. The van der Waals surface area contributed by atoms with E-state index in [1.807, 2.05) is 24.3 Å². The summed E-state index contributed by atoms with van der Waals surface area (Å²) in [5.41, 5.74) is 2.73. The highest BCUT2D eigenvalue weighted by molar-refractivity contribution is 8.00. The van der Waals surface area contributed by atoms with Gasteiger partial charge in [-0.1, -0.05) is 12.1 Å². The lowest BCUT2D eigenvalue weighted by Crippen LogP contribution is -2.28. The first-order valence-corrected chi connectivity index (χ1v) is 12.2. The van der Waals surface area contributed by atoms with Crippen molar-refractivity contribution < 1.29 is 14.3 Å². The molecule has 1 fully saturated rings. The molecule has 2 aromatic heterocycles. The Labute approximate surface area is 198 Å². The summed E-state index contributed by atoms with van der Waals surface area (Å²) in [6, 6.07) is 9.62. The predicted molar refractivity (Wildman–Crippen MR) is 127 cm³/mol.